The minimum Gasteiger partial charge on any atom is -0.480 e. The molecular weight excluding hydrogens is 188 g/mol. The fourth-order valence-corrected chi connectivity index (χ4v) is 0.516. The monoisotopic (exact) mass is 198 g/mol. The number of hydrogen-bond acceptors (Lipinski definition) is 4. The van der Waals surface area contributed by atoms with E-state index >= 15 is 0 Å². The molecule has 1 aromatic heterocycles. The Morgan fingerprint density at radius 2 is 1.79 bits per heavy atom. The summed E-state index contributed by atoms with van der Waals surface area (Å²) in [5.41, 5.74) is 5.44. The number of nitrogens with two attached hydrogens (primary N) is 1. The molecule has 0 unspecified atom stereocenters. The molecule has 1 heterocycles. The van der Waals surface area contributed by atoms with Gasteiger partial charge in [-0.15, -0.1) is 0 Å². The summed E-state index contributed by atoms with van der Waals surface area (Å²) in [7, 11) is 0. The van der Waals surface area contributed by atoms with Gasteiger partial charge in [0.1, 0.15) is 6.61 Å². The van der Waals surface area contributed by atoms with Gasteiger partial charge in [-0.1, -0.05) is 0 Å². The van der Waals surface area contributed by atoms with E-state index < -0.39 is 18.5 Å². The number of aliphatic carboxylic acids is 1. The lowest BCUT2D eigenvalue weighted by Crippen LogP contribution is -2.10. The lowest BCUT2D eigenvalue weighted by molar-refractivity contribution is -0.140. The summed E-state index contributed by atoms with van der Waals surface area (Å²) >= 11 is 0. The van der Waals surface area contributed by atoms with Crippen LogP contribution in [0, 0.1) is 0 Å². The molecule has 0 aromatic carbocycles. The maximum absolute atomic E-state index is 10.4. The van der Waals surface area contributed by atoms with Crippen LogP contribution in [0.15, 0.2) is 24.5 Å². The summed E-state index contributed by atoms with van der Waals surface area (Å²) in [6, 6.07) is 3.14. The zero-order valence-electron chi connectivity index (χ0n) is 7.25. The molecule has 0 aliphatic rings. The zero-order chi connectivity index (χ0) is 11.0. The Kier molecular flexibility index (Phi) is 5.64. The Morgan fingerprint density at radius 3 is 2.00 bits per heavy atom. The van der Waals surface area contributed by atoms with Gasteiger partial charge in [-0.25, -0.2) is 4.79 Å². The number of rotatable bonds is 2. The number of nitrogens with zero attached hydrogens (tertiary/aromatic N) is 1. The highest BCUT2D eigenvalue weighted by atomic mass is 16.4. The summed E-state index contributed by atoms with van der Waals surface area (Å²) in [4.78, 5) is 23.2. The topological polar surface area (TPSA) is 114 Å². The van der Waals surface area contributed by atoms with Crippen LogP contribution in [0.1, 0.15) is 10.4 Å². The van der Waals surface area contributed by atoms with Crippen LogP contribution in [0.2, 0.25) is 0 Å². The van der Waals surface area contributed by atoms with Crippen LogP contribution in [0.5, 0.6) is 0 Å². The summed E-state index contributed by atoms with van der Waals surface area (Å²) < 4.78 is 0. The molecule has 0 bridgehead atoms. The van der Waals surface area contributed by atoms with E-state index in [1.165, 1.54) is 12.4 Å². The van der Waals surface area contributed by atoms with Crippen molar-refractivity contribution < 1.29 is 19.8 Å². The Labute approximate surface area is 80.0 Å². The van der Waals surface area contributed by atoms with Crippen LogP contribution < -0.4 is 5.73 Å². The third-order valence-corrected chi connectivity index (χ3v) is 1.10. The van der Waals surface area contributed by atoms with E-state index in [0.29, 0.717) is 5.56 Å². The Morgan fingerprint density at radius 1 is 1.36 bits per heavy atom. The van der Waals surface area contributed by atoms with Gasteiger partial charge >= 0.3 is 5.97 Å². The molecule has 0 fully saturated rings. The third-order valence-electron chi connectivity index (χ3n) is 1.10. The normalized spacial score (nSPS) is 8.36. The van der Waals surface area contributed by atoms with Gasteiger partial charge in [0.2, 0.25) is 5.91 Å². The van der Waals surface area contributed by atoms with Crippen LogP contribution in [0.25, 0.3) is 0 Å². The molecule has 1 aromatic rings. The molecule has 6 nitrogen and oxygen atoms in total. The van der Waals surface area contributed by atoms with Crippen molar-refractivity contribution >= 4 is 11.9 Å². The highest BCUT2D eigenvalue weighted by Gasteiger charge is 1.94. The first-order valence-electron chi connectivity index (χ1n) is 3.60. The predicted octanol–water partition coefficient (Wildman–Crippen LogP) is -0.756. The van der Waals surface area contributed by atoms with Crippen LogP contribution in [0.3, 0.4) is 0 Å². The SMILES string of the molecule is NC(=O)c1ccncc1.O=C(O)CO. The first kappa shape index (κ1) is 12.0. The molecule has 6 heteroatoms. The fourth-order valence-electron chi connectivity index (χ4n) is 0.516. The van der Waals surface area contributed by atoms with E-state index in [1.807, 2.05) is 0 Å². The number of carboxylic acids is 1. The van der Waals surface area contributed by atoms with Gasteiger partial charge in [0.25, 0.3) is 0 Å². The van der Waals surface area contributed by atoms with Gasteiger partial charge in [0, 0.05) is 18.0 Å². The summed E-state index contributed by atoms with van der Waals surface area (Å²) in [5.74, 6) is -1.61. The molecule has 4 N–H and O–H groups in total. The molecule has 0 spiro atoms. The smallest absolute Gasteiger partial charge is 0.329 e. The van der Waals surface area contributed by atoms with Gasteiger partial charge in [0.05, 0.1) is 0 Å². The highest BCUT2D eigenvalue weighted by molar-refractivity contribution is 5.92. The Hall–Kier alpha value is -1.95. The van der Waals surface area contributed by atoms with E-state index in [9.17, 15) is 4.79 Å². The molecule has 0 radical (unpaired) electrons. The van der Waals surface area contributed by atoms with E-state index in [4.69, 9.17) is 20.7 Å². The molecule has 1 amide bonds. The second-order valence-electron chi connectivity index (χ2n) is 2.15. The number of carbonyl (C=O) groups excluding carboxylic acids is 1. The van der Waals surface area contributed by atoms with Crippen molar-refractivity contribution in [3.63, 3.8) is 0 Å². The number of carboxylic acid groups (broad SMARTS) is 1. The van der Waals surface area contributed by atoms with Crippen molar-refractivity contribution in [1.29, 1.82) is 0 Å². The number of hydrogen-bond donors (Lipinski definition) is 3. The summed E-state index contributed by atoms with van der Waals surface area (Å²) in [6.45, 7) is -0.778. The standard InChI is InChI=1S/C6H6N2O.C2H4O3/c7-6(9)5-1-3-8-4-2-5;3-1-2(4)5/h1-4H,(H2,7,9);3H,1H2,(H,4,5). The molecule has 0 aliphatic heterocycles. The van der Waals surface area contributed by atoms with Crippen LogP contribution in [-0.4, -0.2) is 33.7 Å². The molecule has 0 aliphatic carbocycles. The number of carbonyl (C=O) groups is 2. The lowest BCUT2D eigenvalue weighted by Gasteiger charge is -1.88. The first-order valence-corrected chi connectivity index (χ1v) is 3.60. The van der Waals surface area contributed by atoms with Crippen molar-refractivity contribution in [2.75, 3.05) is 6.61 Å². The third kappa shape index (κ3) is 5.67. The predicted molar refractivity (Wildman–Crippen MR) is 47.5 cm³/mol. The quantitative estimate of drug-likeness (QED) is 0.578. The van der Waals surface area contributed by atoms with Gasteiger partial charge in [-0.05, 0) is 12.1 Å². The number of amides is 1. The van der Waals surface area contributed by atoms with Gasteiger partial charge in [0.15, 0.2) is 0 Å². The zero-order valence-corrected chi connectivity index (χ0v) is 7.25. The van der Waals surface area contributed by atoms with E-state index in [1.54, 1.807) is 12.1 Å². The second-order valence-corrected chi connectivity index (χ2v) is 2.15. The van der Waals surface area contributed by atoms with E-state index in [-0.39, 0.29) is 0 Å². The van der Waals surface area contributed by atoms with Crippen molar-refractivity contribution in [1.82, 2.24) is 4.98 Å². The summed E-state index contributed by atoms with van der Waals surface area (Å²) in [5, 5.41) is 15.0. The lowest BCUT2D eigenvalue weighted by atomic mass is 10.3. The largest absolute Gasteiger partial charge is 0.480 e. The first-order chi connectivity index (χ1) is 6.57. The molecular formula is C8H10N2O4. The molecule has 1 rings (SSSR count). The van der Waals surface area contributed by atoms with Crippen molar-refractivity contribution in [3.05, 3.63) is 30.1 Å². The number of aromatic nitrogens is 1. The maximum atomic E-state index is 10.4. The Bertz CT molecular complexity index is 299. The van der Waals surface area contributed by atoms with Crippen molar-refractivity contribution in [2.45, 2.75) is 0 Å². The van der Waals surface area contributed by atoms with Crippen molar-refractivity contribution in [3.8, 4) is 0 Å². The number of aliphatic hydroxyl groups excluding tert-OH is 1. The van der Waals surface area contributed by atoms with Crippen LogP contribution in [-0.2, 0) is 4.79 Å². The number of primary amides is 1. The fraction of sp³-hybridized carbons (Fsp3) is 0.125. The average Bonchev–Trinajstić information content (AvgIpc) is 2.20. The average molecular weight is 198 g/mol. The van der Waals surface area contributed by atoms with Gasteiger partial charge in [-0.2, -0.15) is 0 Å². The number of pyridine rings is 1. The molecule has 0 atom stereocenters. The van der Waals surface area contributed by atoms with Crippen LogP contribution in [0.4, 0.5) is 0 Å². The second kappa shape index (κ2) is 6.55. The van der Waals surface area contributed by atoms with Gasteiger partial charge < -0.3 is 15.9 Å². The minimum atomic E-state index is -1.19. The molecule has 14 heavy (non-hydrogen) atoms. The Balaban J connectivity index is 0.000000292. The van der Waals surface area contributed by atoms with E-state index in [2.05, 4.69) is 4.98 Å². The van der Waals surface area contributed by atoms with Crippen LogP contribution >= 0.6 is 0 Å². The van der Waals surface area contributed by atoms with Gasteiger partial charge in [-0.3, -0.25) is 9.78 Å². The van der Waals surface area contributed by atoms with E-state index in [0.717, 1.165) is 0 Å². The molecule has 76 valence electrons. The summed E-state index contributed by atoms with van der Waals surface area (Å²) in [6.07, 6.45) is 3.06. The van der Waals surface area contributed by atoms with Crippen molar-refractivity contribution in [2.24, 2.45) is 5.73 Å². The highest BCUT2D eigenvalue weighted by Crippen LogP contribution is 1.91. The number of aliphatic hydroxyl groups is 1. The minimum absolute atomic E-state index is 0.419. The molecule has 0 saturated heterocycles. The molecule has 0 saturated carbocycles. The maximum Gasteiger partial charge on any atom is 0.329 e.